The van der Waals surface area contributed by atoms with Crippen LogP contribution in [0.5, 0.6) is 0 Å². The molecular weight excluding hydrogens is 166 g/mol. The molecule has 1 aromatic rings. The Morgan fingerprint density at radius 1 is 1.69 bits per heavy atom. The van der Waals surface area contributed by atoms with Gasteiger partial charge in [-0.15, -0.1) is 0 Å². The standard InChI is InChI=1S/C10H17NO2/c1-8(12)10(2,7-11)5-9-3-4-13-6-9/h3-4,6,8,12H,5,7,11H2,1-2H3. The third-order valence-electron chi connectivity index (χ3n) is 2.66. The van der Waals surface area contributed by atoms with Crippen LogP contribution >= 0.6 is 0 Å². The first-order valence-electron chi connectivity index (χ1n) is 4.48. The van der Waals surface area contributed by atoms with E-state index in [1.165, 1.54) is 0 Å². The summed E-state index contributed by atoms with van der Waals surface area (Å²) < 4.78 is 4.96. The lowest BCUT2D eigenvalue weighted by atomic mass is 9.80. The molecule has 0 saturated carbocycles. The van der Waals surface area contributed by atoms with Gasteiger partial charge in [-0.1, -0.05) is 6.92 Å². The summed E-state index contributed by atoms with van der Waals surface area (Å²) in [7, 11) is 0. The highest BCUT2D eigenvalue weighted by molar-refractivity contribution is 5.09. The van der Waals surface area contributed by atoms with Gasteiger partial charge in [0.2, 0.25) is 0 Å². The van der Waals surface area contributed by atoms with Crippen LogP contribution < -0.4 is 5.73 Å². The van der Waals surface area contributed by atoms with E-state index in [-0.39, 0.29) is 5.41 Å². The molecule has 74 valence electrons. The first kappa shape index (κ1) is 10.3. The second-order valence-corrected chi connectivity index (χ2v) is 3.84. The van der Waals surface area contributed by atoms with Crippen molar-refractivity contribution in [2.24, 2.45) is 11.1 Å². The lowest BCUT2D eigenvalue weighted by Gasteiger charge is -2.30. The van der Waals surface area contributed by atoms with Crippen molar-refractivity contribution < 1.29 is 9.52 Å². The van der Waals surface area contributed by atoms with Crippen LogP contribution in [0.4, 0.5) is 0 Å². The van der Waals surface area contributed by atoms with E-state index < -0.39 is 6.10 Å². The smallest absolute Gasteiger partial charge is 0.0934 e. The van der Waals surface area contributed by atoms with E-state index >= 15 is 0 Å². The minimum Gasteiger partial charge on any atom is -0.472 e. The molecule has 0 aliphatic rings. The highest BCUT2D eigenvalue weighted by Gasteiger charge is 2.28. The van der Waals surface area contributed by atoms with Crippen molar-refractivity contribution in [3.63, 3.8) is 0 Å². The molecule has 0 saturated heterocycles. The highest BCUT2D eigenvalue weighted by atomic mass is 16.3. The van der Waals surface area contributed by atoms with Crippen molar-refractivity contribution in [1.29, 1.82) is 0 Å². The summed E-state index contributed by atoms with van der Waals surface area (Å²) in [5, 5.41) is 9.56. The second kappa shape index (κ2) is 3.94. The molecule has 2 unspecified atom stereocenters. The Hall–Kier alpha value is -0.800. The maximum atomic E-state index is 9.56. The average Bonchev–Trinajstić information content (AvgIpc) is 2.56. The van der Waals surface area contributed by atoms with Crippen LogP contribution in [0.25, 0.3) is 0 Å². The lowest BCUT2D eigenvalue weighted by molar-refractivity contribution is 0.0588. The van der Waals surface area contributed by atoms with Crippen molar-refractivity contribution in [1.82, 2.24) is 0 Å². The van der Waals surface area contributed by atoms with Gasteiger partial charge in [0.1, 0.15) is 0 Å². The zero-order valence-corrected chi connectivity index (χ0v) is 8.16. The fourth-order valence-corrected chi connectivity index (χ4v) is 1.25. The topological polar surface area (TPSA) is 59.4 Å². The maximum Gasteiger partial charge on any atom is 0.0934 e. The summed E-state index contributed by atoms with van der Waals surface area (Å²) in [6.07, 6.45) is 3.66. The molecule has 0 fully saturated rings. The van der Waals surface area contributed by atoms with Crippen molar-refractivity contribution in [3.05, 3.63) is 24.2 Å². The summed E-state index contributed by atoms with van der Waals surface area (Å²) in [6, 6.07) is 1.90. The van der Waals surface area contributed by atoms with Crippen LogP contribution in [0.1, 0.15) is 19.4 Å². The number of hydrogen-bond acceptors (Lipinski definition) is 3. The number of aliphatic hydroxyl groups is 1. The Bertz CT molecular complexity index is 243. The molecule has 1 aromatic heterocycles. The Morgan fingerprint density at radius 2 is 2.38 bits per heavy atom. The fourth-order valence-electron chi connectivity index (χ4n) is 1.25. The molecule has 0 amide bonds. The third kappa shape index (κ3) is 2.32. The van der Waals surface area contributed by atoms with Gasteiger partial charge in [-0.2, -0.15) is 0 Å². The monoisotopic (exact) mass is 183 g/mol. The third-order valence-corrected chi connectivity index (χ3v) is 2.66. The normalized spacial score (nSPS) is 18.2. The summed E-state index contributed by atoms with van der Waals surface area (Å²) in [5.41, 5.74) is 6.45. The van der Waals surface area contributed by atoms with E-state index in [4.69, 9.17) is 10.2 Å². The number of aliphatic hydroxyl groups excluding tert-OH is 1. The van der Waals surface area contributed by atoms with E-state index in [1.54, 1.807) is 19.5 Å². The molecule has 3 nitrogen and oxygen atoms in total. The first-order chi connectivity index (χ1) is 6.08. The molecule has 3 heteroatoms. The summed E-state index contributed by atoms with van der Waals surface area (Å²) in [5.74, 6) is 0. The van der Waals surface area contributed by atoms with Crippen molar-refractivity contribution >= 4 is 0 Å². The molecule has 13 heavy (non-hydrogen) atoms. The van der Waals surface area contributed by atoms with Crippen LogP contribution in [0.3, 0.4) is 0 Å². The molecule has 2 atom stereocenters. The number of hydrogen-bond donors (Lipinski definition) is 2. The van der Waals surface area contributed by atoms with Crippen molar-refractivity contribution in [2.45, 2.75) is 26.4 Å². The van der Waals surface area contributed by atoms with Gasteiger partial charge in [-0.05, 0) is 25.0 Å². The van der Waals surface area contributed by atoms with Gasteiger partial charge in [0.25, 0.3) is 0 Å². The summed E-state index contributed by atoms with van der Waals surface area (Å²) in [4.78, 5) is 0. The predicted molar refractivity (Wildman–Crippen MR) is 51.3 cm³/mol. The molecule has 0 radical (unpaired) electrons. The van der Waals surface area contributed by atoms with Gasteiger partial charge in [0.05, 0.1) is 18.6 Å². The maximum absolute atomic E-state index is 9.56. The van der Waals surface area contributed by atoms with Crippen LogP contribution in [-0.2, 0) is 6.42 Å². The molecule has 0 aliphatic carbocycles. The van der Waals surface area contributed by atoms with Gasteiger partial charge in [-0.25, -0.2) is 0 Å². The molecule has 3 N–H and O–H groups in total. The Balaban J connectivity index is 2.69. The number of nitrogens with two attached hydrogens (primary N) is 1. The van der Waals surface area contributed by atoms with Gasteiger partial charge in [0.15, 0.2) is 0 Å². The molecular formula is C10H17NO2. The SMILES string of the molecule is CC(O)C(C)(CN)Cc1ccoc1. The molecule has 0 bridgehead atoms. The Labute approximate surface area is 78.5 Å². The van der Waals surface area contributed by atoms with Crippen molar-refractivity contribution in [2.75, 3.05) is 6.54 Å². The van der Waals surface area contributed by atoms with Crippen LogP contribution in [0.2, 0.25) is 0 Å². The van der Waals surface area contributed by atoms with Gasteiger partial charge in [0, 0.05) is 12.0 Å². The average molecular weight is 183 g/mol. The lowest BCUT2D eigenvalue weighted by Crippen LogP contribution is -2.39. The van der Waals surface area contributed by atoms with E-state index in [2.05, 4.69) is 0 Å². The van der Waals surface area contributed by atoms with Crippen LogP contribution in [0, 0.1) is 5.41 Å². The summed E-state index contributed by atoms with van der Waals surface area (Å²) >= 11 is 0. The highest BCUT2D eigenvalue weighted by Crippen LogP contribution is 2.25. The fraction of sp³-hybridized carbons (Fsp3) is 0.600. The van der Waals surface area contributed by atoms with E-state index in [9.17, 15) is 5.11 Å². The largest absolute Gasteiger partial charge is 0.472 e. The van der Waals surface area contributed by atoms with E-state index in [0.717, 1.165) is 12.0 Å². The molecule has 1 heterocycles. The minimum atomic E-state index is -0.410. The number of furan rings is 1. The van der Waals surface area contributed by atoms with Gasteiger partial charge < -0.3 is 15.3 Å². The quantitative estimate of drug-likeness (QED) is 0.736. The Kier molecular flexibility index (Phi) is 3.12. The van der Waals surface area contributed by atoms with E-state index in [0.29, 0.717) is 6.54 Å². The number of rotatable bonds is 4. The van der Waals surface area contributed by atoms with Crippen LogP contribution in [-0.4, -0.2) is 17.8 Å². The van der Waals surface area contributed by atoms with Crippen molar-refractivity contribution in [3.8, 4) is 0 Å². The predicted octanol–water partition coefficient (Wildman–Crippen LogP) is 1.17. The molecule has 1 rings (SSSR count). The zero-order chi connectivity index (χ0) is 9.90. The first-order valence-corrected chi connectivity index (χ1v) is 4.48. The second-order valence-electron chi connectivity index (χ2n) is 3.84. The van der Waals surface area contributed by atoms with Gasteiger partial charge in [-0.3, -0.25) is 0 Å². The van der Waals surface area contributed by atoms with E-state index in [1.807, 2.05) is 13.0 Å². The van der Waals surface area contributed by atoms with Crippen LogP contribution in [0.15, 0.2) is 23.0 Å². The molecule has 0 aromatic carbocycles. The molecule has 0 aliphatic heterocycles. The summed E-state index contributed by atoms with van der Waals surface area (Å²) in [6.45, 7) is 4.22. The van der Waals surface area contributed by atoms with Gasteiger partial charge >= 0.3 is 0 Å². The zero-order valence-electron chi connectivity index (χ0n) is 8.16. The Morgan fingerprint density at radius 3 is 2.77 bits per heavy atom. The molecule has 0 spiro atoms. The minimum absolute atomic E-state index is 0.260.